The quantitative estimate of drug-likeness (QED) is 0.0727. The van der Waals surface area contributed by atoms with Gasteiger partial charge in [0.05, 0.1) is 0 Å². The maximum absolute atomic E-state index is 14.6. The minimum atomic E-state index is -9.77. The van der Waals surface area contributed by atoms with E-state index in [1.54, 1.807) is 0 Å². The monoisotopic (exact) mass is 1200 g/mol. The Bertz CT molecular complexity index is 1820. The molecule has 0 amide bonds. The van der Waals surface area contributed by atoms with Crippen molar-refractivity contribution in [3.05, 3.63) is 0 Å². The summed E-state index contributed by atoms with van der Waals surface area (Å²) in [4.78, 5) is 0. The maximum Gasteiger partial charge on any atom is 0.460 e. The molecule has 428 valence electrons. The van der Waals surface area contributed by atoms with Crippen molar-refractivity contribution in [2.24, 2.45) is 0 Å². The summed E-state index contributed by atoms with van der Waals surface area (Å²) in [7, 11) is 0. The second-order valence-corrected chi connectivity index (χ2v) is 16.0. The van der Waals surface area contributed by atoms with Crippen molar-refractivity contribution in [2.75, 3.05) is 12.4 Å². The number of alkyl halides is 42. The maximum atomic E-state index is 14.6. The van der Waals surface area contributed by atoms with Crippen LogP contribution in [-0.2, 0) is 0 Å². The zero-order chi connectivity index (χ0) is 58.5. The summed E-state index contributed by atoms with van der Waals surface area (Å²) in [6.07, 6.45) is -21.6. The van der Waals surface area contributed by atoms with Crippen molar-refractivity contribution in [1.29, 1.82) is 0 Å². The minimum Gasteiger partial charge on any atom is -0.396 e. The van der Waals surface area contributed by atoms with Crippen molar-refractivity contribution in [2.45, 2.75) is 142 Å². The highest BCUT2D eigenvalue weighted by molar-refractivity contribution is 8.04. The molecule has 0 saturated carbocycles. The Balaban J connectivity index is 7.47. The summed E-state index contributed by atoms with van der Waals surface area (Å²) in [6.45, 7) is -1.45. The lowest BCUT2D eigenvalue weighted by Crippen LogP contribution is -2.76. The van der Waals surface area contributed by atoms with Gasteiger partial charge in [0.25, 0.3) is 0 Å². The van der Waals surface area contributed by atoms with Crippen molar-refractivity contribution in [3.63, 3.8) is 0 Å². The van der Waals surface area contributed by atoms with Crippen LogP contribution in [0.2, 0.25) is 0 Å². The SMILES string of the molecule is OCCCCC(CSC(F)(F)C(F)(F)C(F)(F)C(F)(F)C(F)(F)C(F)(F)C(F)(F)C(F)(F)C(F)(F)C(F)(F)F)SC(F)(F)C(F)(F)C(F)(F)C(F)(F)C(F)(F)C(F)(F)C(F)(F)C(F)(F)C(F)(F)C(F)(F)F. The van der Waals surface area contributed by atoms with Gasteiger partial charge < -0.3 is 5.11 Å². The molecule has 0 spiro atoms. The Morgan fingerprint density at radius 1 is 0.254 bits per heavy atom. The van der Waals surface area contributed by atoms with Crippen molar-refractivity contribution >= 4 is 23.5 Å². The largest absolute Gasteiger partial charge is 0.460 e. The summed E-state index contributed by atoms with van der Waals surface area (Å²) in [5, 5.41) is -11.1. The molecule has 1 unspecified atom stereocenters. The Labute approximate surface area is 368 Å². The third kappa shape index (κ3) is 9.47. The minimum absolute atomic E-state index is 1.20. The summed E-state index contributed by atoms with van der Waals surface area (Å²) in [5.74, 6) is -154. The second-order valence-electron chi connectivity index (χ2n) is 13.5. The van der Waals surface area contributed by atoms with E-state index in [0.29, 0.717) is 0 Å². The van der Waals surface area contributed by atoms with Gasteiger partial charge in [-0.1, -0.05) is 29.9 Å². The van der Waals surface area contributed by atoms with Gasteiger partial charge >= 0.3 is 118 Å². The first kappa shape index (κ1) is 68.7. The first-order chi connectivity index (χ1) is 30.1. The van der Waals surface area contributed by atoms with Crippen molar-refractivity contribution in [3.8, 4) is 0 Å². The summed E-state index contributed by atoms with van der Waals surface area (Å²) >= 11 is -6.01. The van der Waals surface area contributed by atoms with E-state index in [0.717, 1.165) is 0 Å². The number of hydrogen-bond donors (Lipinski definition) is 1. The Hall–Kier alpha value is -2.28. The molecule has 0 radical (unpaired) electrons. The standard InChI is InChI=1S/C26H12F42OS2/c27-7(28,11(35,36)15(43,44)19(51,52)23(59,60)61)9(31,32)13(39,40)17(47,48)21(55,56)25(65,66)70-5-6(3-1-2-4-69)71-26(67,68)22(57,58)18(49,50)14(41,42)10(33,34)8(29,30)12(37,38)16(45,46)20(53,54)24(62,63)64/h6,69H,1-5H2. The second kappa shape index (κ2) is 18.5. The van der Waals surface area contributed by atoms with E-state index in [9.17, 15) is 184 Å². The van der Waals surface area contributed by atoms with E-state index in [2.05, 4.69) is 0 Å². The van der Waals surface area contributed by atoms with Crippen LogP contribution in [-0.4, -0.2) is 140 Å². The molecule has 71 heavy (non-hydrogen) atoms. The topological polar surface area (TPSA) is 20.2 Å². The molecular formula is C26H12F42OS2. The van der Waals surface area contributed by atoms with Crippen LogP contribution >= 0.6 is 23.5 Å². The fourth-order valence-corrected chi connectivity index (χ4v) is 6.65. The number of halogens is 42. The third-order valence-electron chi connectivity index (χ3n) is 8.66. The molecule has 0 aromatic carbocycles. The number of hydrogen-bond acceptors (Lipinski definition) is 3. The molecule has 0 fully saturated rings. The molecule has 0 saturated heterocycles. The van der Waals surface area contributed by atoms with Gasteiger partial charge in [0.1, 0.15) is 0 Å². The normalized spacial score (nSPS) is 17.3. The van der Waals surface area contributed by atoms with Crippen LogP contribution < -0.4 is 0 Å². The summed E-state index contributed by atoms with van der Waals surface area (Å²) in [6, 6.07) is 0. The average Bonchev–Trinajstić information content (AvgIpc) is 3.14. The molecular weight excluding hydrogens is 1190 g/mol. The van der Waals surface area contributed by atoms with Gasteiger partial charge in [-0.25, -0.2) is 0 Å². The van der Waals surface area contributed by atoms with Gasteiger partial charge in [-0.05, 0) is 12.8 Å². The van der Waals surface area contributed by atoms with E-state index < -0.39 is 178 Å². The van der Waals surface area contributed by atoms with Crippen LogP contribution in [0.1, 0.15) is 19.3 Å². The van der Waals surface area contributed by atoms with E-state index in [1.807, 2.05) is 0 Å². The fraction of sp³-hybridized carbons (Fsp3) is 1.00. The van der Waals surface area contributed by atoms with Crippen molar-refractivity contribution in [1.82, 2.24) is 0 Å². The zero-order valence-corrected chi connectivity index (χ0v) is 32.9. The van der Waals surface area contributed by atoms with Gasteiger partial charge in [-0.3, -0.25) is 0 Å². The first-order valence-corrected chi connectivity index (χ1v) is 17.9. The molecule has 1 nitrogen and oxygen atoms in total. The van der Waals surface area contributed by atoms with Crippen molar-refractivity contribution < 1.29 is 190 Å². The smallest absolute Gasteiger partial charge is 0.396 e. The van der Waals surface area contributed by atoms with Crippen LogP contribution in [0, 0.1) is 0 Å². The fourth-order valence-electron chi connectivity index (χ4n) is 4.32. The highest BCUT2D eigenvalue weighted by atomic mass is 32.2. The number of rotatable bonds is 25. The highest BCUT2D eigenvalue weighted by Gasteiger charge is 3.00. The molecule has 45 heteroatoms. The zero-order valence-electron chi connectivity index (χ0n) is 31.3. The molecule has 0 aliphatic rings. The average molecular weight is 1200 g/mol. The third-order valence-corrected chi connectivity index (χ3v) is 11.4. The molecule has 0 heterocycles. The molecule has 0 aromatic rings. The summed E-state index contributed by atoms with van der Waals surface area (Å²) in [5.41, 5.74) is 0. The number of thioether (sulfide) groups is 2. The lowest BCUT2D eigenvalue weighted by molar-refractivity contribution is -0.472. The predicted octanol–water partition coefficient (Wildman–Crippen LogP) is 15.5. The Kier molecular flexibility index (Phi) is 17.9. The van der Waals surface area contributed by atoms with E-state index in [4.69, 9.17) is 5.11 Å². The Morgan fingerprint density at radius 2 is 0.451 bits per heavy atom. The predicted molar refractivity (Wildman–Crippen MR) is 146 cm³/mol. The van der Waals surface area contributed by atoms with Gasteiger partial charge in [-0.15, -0.1) is 0 Å². The Morgan fingerprint density at radius 3 is 0.662 bits per heavy atom. The lowest BCUT2D eigenvalue weighted by Gasteiger charge is -2.44. The highest BCUT2D eigenvalue weighted by Crippen LogP contribution is 2.70. The van der Waals surface area contributed by atoms with E-state index in [1.165, 1.54) is 0 Å². The first-order valence-electron chi connectivity index (χ1n) is 16.0. The van der Waals surface area contributed by atoms with E-state index in [-0.39, 0.29) is 0 Å². The van der Waals surface area contributed by atoms with Gasteiger partial charge in [0.15, 0.2) is 0 Å². The number of aliphatic hydroxyl groups excluding tert-OH is 1. The molecule has 1 atom stereocenters. The summed E-state index contributed by atoms with van der Waals surface area (Å²) < 4.78 is 574. The lowest BCUT2D eigenvalue weighted by atomic mass is 9.87. The number of unbranched alkanes of at least 4 members (excludes halogenated alkanes) is 1. The van der Waals surface area contributed by atoms with Crippen LogP contribution in [0.5, 0.6) is 0 Å². The van der Waals surface area contributed by atoms with Crippen LogP contribution in [0.15, 0.2) is 0 Å². The van der Waals surface area contributed by atoms with Crippen LogP contribution in [0.4, 0.5) is 184 Å². The van der Waals surface area contributed by atoms with Gasteiger partial charge in [0, 0.05) is 17.6 Å². The molecule has 0 aliphatic heterocycles. The van der Waals surface area contributed by atoms with Crippen LogP contribution in [0.3, 0.4) is 0 Å². The molecule has 0 bridgehead atoms. The molecule has 0 rings (SSSR count). The molecule has 0 aliphatic carbocycles. The van der Waals surface area contributed by atoms with E-state index >= 15 is 0 Å². The molecule has 0 aromatic heterocycles. The van der Waals surface area contributed by atoms with Gasteiger partial charge in [-0.2, -0.15) is 184 Å². The van der Waals surface area contributed by atoms with Gasteiger partial charge in [0.2, 0.25) is 0 Å². The van der Waals surface area contributed by atoms with Crippen LogP contribution in [0.25, 0.3) is 0 Å². The molecule has 1 N–H and O–H groups in total. The number of aliphatic hydroxyl groups is 1.